The Morgan fingerprint density at radius 2 is 2.08 bits per heavy atom. The number of sulfone groups is 1. The van der Waals surface area contributed by atoms with Gasteiger partial charge in [0.1, 0.15) is 5.69 Å². The highest BCUT2D eigenvalue weighted by molar-refractivity contribution is 7.91. The molecular weight excluding hydrogens is 362 g/mol. The van der Waals surface area contributed by atoms with Crippen LogP contribution in [0.2, 0.25) is 5.02 Å². The molecule has 1 aromatic heterocycles. The minimum Gasteiger partial charge on any atom is -0.350 e. The smallest absolute Gasteiger partial charge is 0.271 e. The van der Waals surface area contributed by atoms with E-state index in [1.54, 1.807) is 10.7 Å². The molecule has 3 rings (SSSR count). The second kappa shape index (κ2) is 7.17. The second-order valence-corrected chi connectivity index (χ2v) is 8.97. The predicted molar refractivity (Wildman–Crippen MR) is 96.8 cm³/mol. The molecule has 0 spiro atoms. The zero-order valence-electron chi connectivity index (χ0n) is 13.9. The van der Waals surface area contributed by atoms with Crippen LogP contribution in [-0.4, -0.2) is 42.2 Å². The lowest BCUT2D eigenvalue weighted by atomic mass is 10.1. The van der Waals surface area contributed by atoms with Gasteiger partial charge in [0, 0.05) is 17.3 Å². The number of nitrogens with one attached hydrogen (secondary N) is 1. The minimum absolute atomic E-state index is 0.0904. The van der Waals surface area contributed by atoms with Gasteiger partial charge < -0.3 is 5.32 Å². The molecule has 6 nitrogen and oxygen atoms in total. The summed E-state index contributed by atoms with van der Waals surface area (Å²) < 4.78 is 24.9. The van der Waals surface area contributed by atoms with Crippen LogP contribution in [0.3, 0.4) is 0 Å². The van der Waals surface area contributed by atoms with Crippen molar-refractivity contribution in [3.05, 3.63) is 52.3 Å². The second-order valence-electron chi connectivity index (χ2n) is 6.30. The van der Waals surface area contributed by atoms with Gasteiger partial charge >= 0.3 is 0 Å². The molecule has 0 saturated carbocycles. The number of hydrogen-bond donors (Lipinski definition) is 1. The molecule has 0 bridgehead atoms. The third-order valence-electron chi connectivity index (χ3n) is 4.32. The lowest BCUT2D eigenvalue weighted by molar-refractivity contribution is 0.0948. The maximum Gasteiger partial charge on any atom is 0.271 e. The molecule has 8 heteroatoms. The molecule has 2 heterocycles. The van der Waals surface area contributed by atoms with Crippen LogP contribution in [0.15, 0.2) is 30.3 Å². The van der Waals surface area contributed by atoms with E-state index in [1.165, 1.54) is 0 Å². The van der Waals surface area contributed by atoms with Crippen molar-refractivity contribution in [2.24, 2.45) is 0 Å². The quantitative estimate of drug-likeness (QED) is 0.860. The number of benzene rings is 1. The molecule has 1 saturated heterocycles. The van der Waals surface area contributed by atoms with Crippen molar-refractivity contribution < 1.29 is 13.2 Å². The summed E-state index contributed by atoms with van der Waals surface area (Å²) in [7, 11) is -2.99. The summed E-state index contributed by atoms with van der Waals surface area (Å²) >= 11 is 5.85. The fourth-order valence-electron chi connectivity index (χ4n) is 3.00. The zero-order chi connectivity index (χ0) is 18.0. The molecule has 1 amide bonds. The summed E-state index contributed by atoms with van der Waals surface area (Å²) in [6, 6.07) is 9.00. The number of halogens is 1. The Bertz CT molecular complexity index is 875. The summed E-state index contributed by atoms with van der Waals surface area (Å²) in [4.78, 5) is 12.3. The summed E-state index contributed by atoms with van der Waals surface area (Å²) in [6.07, 6.45) is 1.24. The fourth-order valence-corrected chi connectivity index (χ4v) is 4.82. The van der Waals surface area contributed by atoms with Crippen molar-refractivity contribution in [2.75, 3.05) is 18.1 Å². The summed E-state index contributed by atoms with van der Waals surface area (Å²) in [5.74, 6) is 0.0175. The van der Waals surface area contributed by atoms with Crippen LogP contribution in [0.1, 0.15) is 34.2 Å². The molecule has 25 heavy (non-hydrogen) atoms. The van der Waals surface area contributed by atoms with E-state index in [9.17, 15) is 13.2 Å². The molecule has 1 aromatic carbocycles. The number of aryl methyl sites for hydroxylation is 1. The van der Waals surface area contributed by atoms with Gasteiger partial charge in [0.25, 0.3) is 5.91 Å². The monoisotopic (exact) mass is 381 g/mol. The molecule has 134 valence electrons. The topological polar surface area (TPSA) is 81.1 Å². The normalized spacial score (nSPS) is 19.0. The molecule has 1 fully saturated rings. The molecular formula is C17H20ClN3O3S. The lowest BCUT2D eigenvalue weighted by Gasteiger charge is -2.10. The van der Waals surface area contributed by atoms with Crippen LogP contribution in [-0.2, 0) is 16.3 Å². The van der Waals surface area contributed by atoms with E-state index in [0.29, 0.717) is 30.1 Å². The van der Waals surface area contributed by atoms with E-state index in [0.717, 1.165) is 11.3 Å². The van der Waals surface area contributed by atoms with Crippen LogP contribution < -0.4 is 5.32 Å². The number of nitrogens with zero attached hydrogens (tertiary/aromatic N) is 2. The average molecular weight is 382 g/mol. The summed E-state index contributed by atoms with van der Waals surface area (Å²) in [6.45, 7) is 2.33. The van der Waals surface area contributed by atoms with Crippen LogP contribution in [0.25, 0.3) is 0 Å². The first-order valence-electron chi connectivity index (χ1n) is 8.13. The van der Waals surface area contributed by atoms with Crippen molar-refractivity contribution in [1.29, 1.82) is 0 Å². The van der Waals surface area contributed by atoms with Crippen LogP contribution in [0.4, 0.5) is 0 Å². The van der Waals surface area contributed by atoms with Crippen LogP contribution in [0.5, 0.6) is 0 Å². The Labute approximate surface area is 152 Å². The van der Waals surface area contributed by atoms with E-state index >= 15 is 0 Å². The van der Waals surface area contributed by atoms with Crippen molar-refractivity contribution in [2.45, 2.75) is 25.8 Å². The van der Waals surface area contributed by atoms with Crippen molar-refractivity contribution in [3.63, 3.8) is 0 Å². The highest BCUT2D eigenvalue weighted by Crippen LogP contribution is 2.24. The first-order chi connectivity index (χ1) is 11.8. The minimum atomic E-state index is -2.99. The number of carbonyl (C=O) groups is 1. The molecule has 0 aliphatic carbocycles. The Morgan fingerprint density at radius 1 is 1.36 bits per heavy atom. The molecule has 2 aromatic rings. The van der Waals surface area contributed by atoms with Crippen LogP contribution >= 0.6 is 11.6 Å². The van der Waals surface area contributed by atoms with Gasteiger partial charge in [0.15, 0.2) is 9.84 Å². The number of aromatic nitrogens is 2. The van der Waals surface area contributed by atoms with E-state index in [4.69, 9.17) is 11.6 Å². The number of carbonyl (C=O) groups excluding carboxylic acids is 1. The van der Waals surface area contributed by atoms with Gasteiger partial charge in [-0.05, 0) is 43.5 Å². The van der Waals surface area contributed by atoms with E-state index < -0.39 is 9.84 Å². The SMILES string of the molecule is Cc1cc(C(=O)NCCc2ccc(Cl)cc2)nn1C1CCS(=O)(=O)C1. The largest absolute Gasteiger partial charge is 0.350 e. The van der Waals surface area contributed by atoms with Gasteiger partial charge in [-0.1, -0.05) is 23.7 Å². The number of rotatable bonds is 5. The average Bonchev–Trinajstić information content (AvgIpc) is 3.11. The molecule has 1 unspecified atom stereocenters. The maximum absolute atomic E-state index is 12.3. The number of hydrogen-bond acceptors (Lipinski definition) is 4. The number of amides is 1. The Kier molecular flexibility index (Phi) is 5.15. The first-order valence-corrected chi connectivity index (χ1v) is 10.3. The van der Waals surface area contributed by atoms with Crippen molar-refractivity contribution in [3.8, 4) is 0 Å². The van der Waals surface area contributed by atoms with Gasteiger partial charge in [-0.3, -0.25) is 9.48 Å². The molecule has 1 aliphatic heterocycles. The van der Waals surface area contributed by atoms with E-state index in [2.05, 4.69) is 10.4 Å². The van der Waals surface area contributed by atoms with Gasteiger partial charge in [-0.25, -0.2) is 8.42 Å². The van der Waals surface area contributed by atoms with Crippen LogP contribution in [0, 0.1) is 6.92 Å². The fraction of sp³-hybridized carbons (Fsp3) is 0.412. The van der Waals surface area contributed by atoms with Gasteiger partial charge in [0.2, 0.25) is 0 Å². The highest BCUT2D eigenvalue weighted by Gasteiger charge is 2.31. The standard InChI is InChI=1S/C17H20ClN3O3S/c1-12-10-16(20-21(12)15-7-9-25(23,24)11-15)17(22)19-8-6-13-2-4-14(18)5-3-13/h2-5,10,15H,6-9,11H2,1H3,(H,19,22). The van der Waals surface area contributed by atoms with Crippen molar-refractivity contribution in [1.82, 2.24) is 15.1 Å². The summed E-state index contributed by atoms with van der Waals surface area (Å²) in [5, 5.41) is 7.84. The molecule has 1 aliphatic rings. The Morgan fingerprint density at radius 3 is 2.72 bits per heavy atom. The van der Waals surface area contributed by atoms with E-state index in [1.807, 2.05) is 31.2 Å². The molecule has 1 atom stereocenters. The van der Waals surface area contributed by atoms with E-state index in [-0.39, 0.29) is 23.5 Å². The van der Waals surface area contributed by atoms with Gasteiger partial charge in [-0.15, -0.1) is 0 Å². The Hall–Kier alpha value is -1.86. The molecule has 1 N–H and O–H groups in total. The lowest BCUT2D eigenvalue weighted by Crippen LogP contribution is -2.26. The first kappa shape index (κ1) is 17.9. The third kappa shape index (κ3) is 4.41. The molecule has 0 radical (unpaired) electrons. The predicted octanol–water partition coefficient (Wildman–Crippen LogP) is 2.18. The Balaban J connectivity index is 1.59. The zero-order valence-corrected chi connectivity index (χ0v) is 15.5. The third-order valence-corrected chi connectivity index (χ3v) is 6.32. The summed E-state index contributed by atoms with van der Waals surface area (Å²) in [5.41, 5.74) is 2.20. The van der Waals surface area contributed by atoms with Gasteiger partial charge in [0.05, 0.1) is 17.5 Å². The highest BCUT2D eigenvalue weighted by atomic mass is 35.5. The van der Waals surface area contributed by atoms with Gasteiger partial charge in [-0.2, -0.15) is 5.10 Å². The maximum atomic E-state index is 12.3. The van der Waals surface area contributed by atoms with Crippen molar-refractivity contribution >= 4 is 27.3 Å².